The minimum Gasteiger partial charge on any atom is -0.0654 e. The second-order valence-corrected chi connectivity index (χ2v) is 9.48. The fraction of sp³-hybridized carbons (Fsp3) is 0.571. The zero-order chi connectivity index (χ0) is 19.3. The van der Waals surface area contributed by atoms with E-state index in [1.165, 1.54) is 87.3 Å². The SMILES string of the molecule is CCCCc1ccc(-c2ccc3c(c2)CCC(C2CCC(CC)CC2)C3)cc1. The van der Waals surface area contributed by atoms with Crippen LogP contribution in [0.2, 0.25) is 0 Å². The molecule has 0 saturated heterocycles. The number of aryl methyl sites for hydroxylation is 2. The summed E-state index contributed by atoms with van der Waals surface area (Å²) in [6.45, 7) is 4.64. The molecule has 4 rings (SSSR count). The lowest BCUT2D eigenvalue weighted by Crippen LogP contribution is -2.26. The molecule has 0 bridgehead atoms. The van der Waals surface area contributed by atoms with Gasteiger partial charge >= 0.3 is 0 Å². The molecule has 0 heteroatoms. The van der Waals surface area contributed by atoms with Crippen LogP contribution in [-0.2, 0) is 19.3 Å². The van der Waals surface area contributed by atoms with E-state index < -0.39 is 0 Å². The van der Waals surface area contributed by atoms with Crippen molar-refractivity contribution in [2.24, 2.45) is 17.8 Å². The molecule has 0 aromatic heterocycles. The lowest BCUT2D eigenvalue weighted by atomic mass is 9.69. The zero-order valence-electron chi connectivity index (χ0n) is 18.1. The van der Waals surface area contributed by atoms with E-state index in [-0.39, 0.29) is 0 Å². The van der Waals surface area contributed by atoms with Gasteiger partial charge in [0.1, 0.15) is 0 Å². The Morgan fingerprint density at radius 1 is 0.750 bits per heavy atom. The highest BCUT2D eigenvalue weighted by Crippen LogP contribution is 2.40. The van der Waals surface area contributed by atoms with Crippen LogP contribution in [0.15, 0.2) is 42.5 Å². The molecule has 2 aromatic carbocycles. The van der Waals surface area contributed by atoms with Crippen LogP contribution in [0.1, 0.15) is 81.9 Å². The van der Waals surface area contributed by atoms with Gasteiger partial charge in [-0.15, -0.1) is 0 Å². The van der Waals surface area contributed by atoms with Crippen LogP contribution in [0, 0.1) is 17.8 Å². The largest absolute Gasteiger partial charge is 0.0654 e. The summed E-state index contributed by atoms with van der Waals surface area (Å²) in [4.78, 5) is 0. The molecular weight excluding hydrogens is 336 g/mol. The molecule has 0 N–H and O–H groups in total. The first-order chi connectivity index (χ1) is 13.8. The third-order valence-corrected chi connectivity index (χ3v) is 7.71. The molecule has 0 radical (unpaired) electrons. The highest BCUT2D eigenvalue weighted by atomic mass is 14.3. The van der Waals surface area contributed by atoms with Gasteiger partial charge in [-0.05, 0) is 90.5 Å². The Hall–Kier alpha value is -1.56. The number of hydrogen-bond donors (Lipinski definition) is 0. The first-order valence-corrected chi connectivity index (χ1v) is 12.0. The summed E-state index contributed by atoms with van der Waals surface area (Å²) >= 11 is 0. The van der Waals surface area contributed by atoms with Gasteiger partial charge in [0.15, 0.2) is 0 Å². The van der Waals surface area contributed by atoms with Gasteiger partial charge in [-0.1, -0.05) is 82.0 Å². The van der Waals surface area contributed by atoms with E-state index in [1.54, 1.807) is 11.1 Å². The first kappa shape index (κ1) is 19.7. The molecule has 28 heavy (non-hydrogen) atoms. The summed E-state index contributed by atoms with van der Waals surface area (Å²) in [6.07, 6.45) is 15.1. The predicted octanol–water partition coefficient (Wildman–Crippen LogP) is 8.02. The number of unbranched alkanes of at least 4 members (excludes halogenated alkanes) is 1. The molecule has 0 aliphatic heterocycles. The Bertz CT molecular complexity index is 746. The maximum Gasteiger partial charge on any atom is -0.0181 e. The van der Waals surface area contributed by atoms with Gasteiger partial charge in [-0.25, -0.2) is 0 Å². The second-order valence-electron chi connectivity index (χ2n) is 9.48. The maximum atomic E-state index is 2.49. The fourth-order valence-corrected chi connectivity index (χ4v) is 5.68. The van der Waals surface area contributed by atoms with Crippen LogP contribution >= 0.6 is 0 Å². The van der Waals surface area contributed by atoms with Crippen molar-refractivity contribution in [1.29, 1.82) is 0 Å². The van der Waals surface area contributed by atoms with E-state index in [1.807, 2.05) is 0 Å². The van der Waals surface area contributed by atoms with E-state index in [0.717, 1.165) is 17.8 Å². The summed E-state index contributed by atoms with van der Waals surface area (Å²) in [5.74, 6) is 2.95. The Balaban J connectivity index is 1.41. The van der Waals surface area contributed by atoms with Crippen molar-refractivity contribution in [3.63, 3.8) is 0 Å². The van der Waals surface area contributed by atoms with Crippen LogP contribution in [0.4, 0.5) is 0 Å². The number of fused-ring (bicyclic) bond motifs is 1. The van der Waals surface area contributed by atoms with Crippen LogP contribution in [0.25, 0.3) is 11.1 Å². The molecule has 0 spiro atoms. The van der Waals surface area contributed by atoms with Crippen molar-refractivity contribution in [1.82, 2.24) is 0 Å². The minimum absolute atomic E-state index is 0.939. The third-order valence-electron chi connectivity index (χ3n) is 7.71. The molecule has 1 atom stereocenters. The molecule has 2 aliphatic rings. The van der Waals surface area contributed by atoms with Crippen molar-refractivity contribution < 1.29 is 0 Å². The second kappa shape index (κ2) is 9.29. The molecule has 0 nitrogen and oxygen atoms in total. The van der Waals surface area contributed by atoms with Crippen molar-refractivity contribution in [3.8, 4) is 11.1 Å². The van der Waals surface area contributed by atoms with Gasteiger partial charge in [0.2, 0.25) is 0 Å². The van der Waals surface area contributed by atoms with Crippen molar-refractivity contribution in [3.05, 3.63) is 59.2 Å². The molecule has 2 aliphatic carbocycles. The standard InChI is InChI=1S/C28H38/c1-3-5-6-22-9-13-24(14-10-22)26-16-18-27-19-25(15-17-28(27)20-26)23-11-7-21(4-2)8-12-23/h9-10,13-14,16,18,20-21,23,25H,3-8,11-12,15,17,19H2,1-2H3. The smallest absolute Gasteiger partial charge is 0.0181 e. The first-order valence-electron chi connectivity index (χ1n) is 12.0. The lowest BCUT2D eigenvalue weighted by molar-refractivity contribution is 0.187. The molecule has 0 heterocycles. The van der Waals surface area contributed by atoms with Crippen molar-refractivity contribution >= 4 is 0 Å². The Morgan fingerprint density at radius 3 is 2.21 bits per heavy atom. The molecule has 2 aromatic rings. The average Bonchev–Trinajstić information content (AvgIpc) is 2.77. The molecule has 1 unspecified atom stereocenters. The number of benzene rings is 2. The summed E-state index contributed by atoms with van der Waals surface area (Å²) in [6, 6.07) is 16.6. The quantitative estimate of drug-likeness (QED) is 0.480. The monoisotopic (exact) mass is 374 g/mol. The van der Waals surface area contributed by atoms with Crippen LogP contribution in [0.5, 0.6) is 0 Å². The molecule has 150 valence electrons. The van der Waals surface area contributed by atoms with E-state index in [4.69, 9.17) is 0 Å². The third kappa shape index (κ3) is 4.53. The average molecular weight is 375 g/mol. The van der Waals surface area contributed by atoms with Gasteiger partial charge in [0.05, 0.1) is 0 Å². The van der Waals surface area contributed by atoms with E-state index in [9.17, 15) is 0 Å². The van der Waals surface area contributed by atoms with Crippen LogP contribution in [-0.4, -0.2) is 0 Å². The van der Waals surface area contributed by atoms with Gasteiger partial charge in [-0.3, -0.25) is 0 Å². The van der Waals surface area contributed by atoms with Gasteiger partial charge in [0.25, 0.3) is 0 Å². The van der Waals surface area contributed by atoms with E-state index in [0.29, 0.717) is 0 Å². The van der Waals surface area contributed by atoms with Gasteiger partial charge < -0.3 is 0 Å². The lowest BCUT2D eigenvalue weighted by Gasteiger charge is -2.36. The zero-order valence-corrected chi connectivity index (χ0v) is 18.1. The summed E-state index contributed by atoms with van der Waals surface area (Å²) in [7, 11) is 0. The maximum absolute atomic E-state index is 2.49. The summed E-state index contributed by atoms with van der Waals surface area (Å²) in [5, 5.41) is 0. The Labute approximate surface area is 172 Å². The molecular formula is C28H38. The number of rotatable bonds is 6. The molecule has 1 saturated carbocycles. The van der Waals surface area contributed by atoms with E-state index >= 15 is 0 Å². The van der Waals surface area contributed by atoms with E-state index in [2.05, 4.69) is 56.3 Å². The Morgan fingerprint density at radius 2 is 1.50 bits per heavy atom. The fourth-order valence-electron chi connectivity index (χ4n) is 5.68. The highest BCUT2D eigenvalue weighted by Gasteiger charge is 2.29. The summed E-state index contributed by atoms with van der Waals surface area (Å²) < 4.78 is 0. The summed E-state index contributed by atoms with van der Waals surface area (Å²) in [5.41, 5.74) is 7.51. The molecule has 1 fully saturated rings. The van der Waals surface area contributed by atoms with Crippen LogP contribution < -0.4 is 0 Å². The Kier molecular flexibility index (Phi) is 6.55. The normalized spacial score (nSPS) is 24.7. The van der Waals surface area contributed by atoms with Gasteiger partial charge in [0, 0.05) is 0 Å². The highest BCUT2D eigenvalue weighted by molar-refractivity contribution is 5.65. The van der Waals surface area contributed by atoms with Crippen molar-refractivity contribution in [2.75, 3.05) is 0 Å². The van der Waals surface area contributed by atoms with Gasteiger partial charge in [-0.2, -0.15) is 0 Å². The number of hydrogen-bond acceptors (Lipinski definition) is 0. The molecule has 0 amide bonds. The minimum atomic E-state index is 0.939. The van der Waals surface area contributed by atoms with Crippen molar-refractivity contribution in [2.45, 2.75) is 84.5 Å². The topological polar surface area (TPSA) is 0 Å². The predicted molar refractivity (Wildman–Crippen MR) is 122 cm³/mol. The van der Waals surface area contributed by atoms with Crippen LogP contribution in [0.3, 0.4) is 0 Å².